The minimum atomic E-state index is -4.83. The van der Waals surface area contributed by atoms with Crippen LogP contribution in [0.3, 0.4) is 0 Å². The number of carbonyl (C=O) groups is 1. The summed E-state index contributed by atoms with van der Waals surface area (Å²) < 4.78 is 33.2. The third-order valence-corrected chi connectivity index (χ3v) is 5.39. The van der Waals surface area contributed by atoms with E-state index < -0.39 is 15.1 Å². The molecule has 26 heavy (non-hydrogen) atoms. The van der Waals surface area contributed by atoms with E-state index in [1.165, 1.54) is 0 Å². The summed E-state index contributed by atoms with van der Waals surface area (Å²) in [6.45, 7) is 0.225. The van der Waals surface area contributed by atoms with E-state index in [0.29, 0.717) is 11.5 Å². The van der Waals surface area contributed by atoms with Gasteiger partial charge in [-0.1, -0.05) is 0 Å². The van der Waals surface area contributed by atoms with Gasteiger partial charge in [0.15, 0.2) is 17.9 Å². The number of aromatic nitrogens is 3. The van der Waals surface area contributed by atoms with Crippen molar-refractivity contribution in [1.82, 2.24) is 20.3 Å². The van der Waals surface area contributed by atoms with Crippen LogP contribution in [0.25, 0.3) is 0 Å². The number of aliphatic imine (C=N–C) groups is 1. The van der Waals surface area contributed by atoms with Gasteiger partial charge in [0, 0.05) is 18.3 Å². The van der Waals surface area contributed by atoms with Crippen LogP contribution in [-0.2, 0) is 21.5 Å². The molecule has 0 spiro atoms. The first-order chi connectivity index (χ1) is 12.4. The lowest BCUT2D eigenvalue weighted by atomic mass is 10.2. The van der Waals surface area contributed by atoms with Crippen LogP contribution in [0.2, 0.25) is 0 Å². The molecule has 1 aliphatic heterocycles. The number of pyridine rings is 1. The number of H-pyrrole nitrogens is 1. The summed E-state index contributed by atoms with van der Waals surface area (Å²) in [5.74, 6) is 1.25. The second-order valence-corrected chi connectivity index (χ2v) is 7.81. The van der Waals surface area contributed by atoms with Crippen molar-refractivity contribution in [1.29, 1.82) is 0 Å². The molecule has 10 nitrogen and oxygen atoms in total. The molecule has 0 saturated heterocycles. The Kier molecular flexibility index (Phi) is 3.77. The van der Waals surface area contributed by atoms with E-state index in [4.69, 9.17) is 0 Å². The molecule has 1 aliphatic carbocycles. The van der Waals surface area contributed by atoms with Crippen molar-refractivity contribution >= 4 is 28.1 Å². The smallest absolute Gasteiger partial charge is 0.316 e. The molecule has 4 rings (SSSR count). The molecule has 0 radical (unpaired) electrons. The number of nitrogens with one attached hydrogen (secondary N) is 3. The predicted molar refractivity (Wildman–Crippen MR) is 92.1 cm³/mol. The number of imidazole rings is 1. The highest BCUT2D eigenvalue weighted by Crippen LogP contribution is 2.40. The molecular formula is C15H16N6O4S. The van der Waals surface area contributed by atoms with Crippen LogP contribution in [-0.4, -0.2) is 45.0 Å². The Morgan fingerprint density at radius 3 is 2.65 bits per heavy atom. The highest BCUT2D eigenvalue weighted by atomic mass is 32.2. The van der Waals surface area contributed by atoms with Gasteiger partial charge < -0.3 is 15.6 Å². The number of rotatable bonds is 5. The zero-order chi connectivity index (χ0) is 18.4. The molecule has 11 heteroatoms. The van der Waals surface area contributed by atoms with Crippen LogP contribution >= 0.6 is 0 Å². The number of anilines is 1. The largest absolute Gasteiger partial charge is 0.337 e. The summed E-state index contributed by atoms with van der Waals surface area (Å²) in [4.78, 5) is 24.9. The molecular weight excluding hydrogens is 360 g/mol. The van der Waals surface area contributed by atoms with E-state index in [1.807, 2.05) is 0 Å². The number of aromatic amines is 1. The van der Waals surface area contributed by atoms with Gasteiger partial charge >= 0.3 is 10.1 Å². The van der Waals surface area contributed by atoms with E-state index in [1.54, 1.807) is 24.5 Å². The molecule has 1 saturated carbocycles. The van der Waals surface area contributed by atoms with E-state index in [0.717, 1.165) is 18.4 Å². The van der Waals surface area contributed by atoms with Gasteiger partial charge in [0.05, 0.1) is 6.54 Å². The molecule has 2 aromatic heterocycles. The van der Waals surface area contributed by atoms with E-state index in [2.05, 4.69) is 30.6 Å². The number of hydrogen-bond acceptors (Lipinski definition) is 7. The molecule has 2 aromatic rings. The molecule has 0 aromatic carbocycles. The molecule has 136 valence electrons. The van der Waals surface area contributed by atoms with Crippen LogP contribution < -0.4 is 10.6 Å². The van der Waals surface area contributed by atoms with Gasteiger partial charge in [0.25, 0.3) is 4.99 Å². The van der Waals surface area contributed by atoms with Gasteiger partial charge in [-0.2, -0.15) is 8.42 Å². The van der Waals surface area contributed by atoms with Gasteiger partial charge in [-0.15, -0.1) is 0 Å². The molecule has 1 atom stereocenters. The molecule has 1 fully saturated rings. The van der Waals surface area contributed by atoms with Crippen LogP contribution in [0, 0.1) is 0 Å². The number of amidine groups is 1. The lowest BCUT2D eigenvalue weighted by molar-refractivity contribution is -0.109. The number of aldehydes is 1. The first-order valence-electron chi connectivity index (χ1n) is 7.95. The van der Waals surface area contributed by atoms with Crippen LogP contribution in [0.5, 0.6) is 0 Å². The van der Waals surface area contributed by atoms with E-state index in [9.17, 15) is 17.8 Å². The normalized spacial score (nSPS) is 23.8. The Bertz CT molecular complexity index is 983. The maximum atomic E-state index is 11.8. The Labute approximate surface area is 148 Å². The fourth-order valence-electron chi connectivity index (χ4n) is 2.67. The van der Waals surface area contributed by atoms with E-state index >= 15 is 0 Å². The number of hydrogen-bond donors (Lipinski definition) is 4. The summed E-state index contributed by atoms with van der Waals surface area (Å²) >= 11 is 0. The van der Waals surface area contributed by atoms with Gasteiger partial charge in [0.1, 0.15) is 11.5 Å². The quantitative estimate of drug-likeness (QED) is 0.432. The highest BCUT2D eigenvalue weighted by Gasteiger charge is 2.49. The third-order valence-electron chi connectivity index (χ3n) is 4.27. The monoisotopic (exact) mass is 376 g/mol. The summed E-state index contributed by atoms with van der Waals surface area (Å²) in [5.41, 5.74) is 1.29. The molecule has 3 heterocycles. The zero-order valence-electron chi connectivity index (χ0n) is 13.5. The van der Waals surface area contributed by atoms with Crippen LogP contribution in [0.1, 0.15) is 35.8 Å². The number of carbonyl (C=O) groups excluding carboxylic acids is 1. The summed E-state index contributed by atoms with van der Waals surface area (Å²) in [5, 5.41) is 4.98. The Morgan fingerprint density at radius 1 is 1.31 bits per heavy atom. The first kappa shape index (κ1) is 16.7. The molecule has 0 bridgehead atoms. The second-order valence-electron chi connectivity index (χ2n) is 6.22. The van der Waals surface area contributed by atoms with Crippen molar-refractivity contribution in [3.8, 4) is 0 Å². The van der Waals surface area contributed by atoms with Crippen molar-refractivity contribution in [2.75, 3.05) is 5.32 Å². The maximum absolute atomic E-state index is 11.8. The first-order valence-corrected chi connectivity index (χ1v) is 9.39. The Balaban J connectivity index is 1.77. The summed E-state index contributed by atoms with van der Waals surface area (Å²) in [7, 11) is -4.83. The highest BCUT2D eigenvalue weighted by molar-refractivity contribution is 7.88. The van der Waals surface area contributed by atoms with Gasteiger partial charge in [-0.25, -0.2) is 4.98 Å². The number of nitrogens with zero attached hydrogens (tertiary/aromatic N) is 3. The average molecular weight is 376 g/mol. The fourth-order valence-corrected chi connectivity index (χ4v) is 3.25. The Hall–Kier alpha value is -2.79. The maximum Gasteiger partial charge on any atom is 0.316 e. The minimum absolute atomic E-state index is 0.0821. The van der Waals surface area contributed by atoms with Crippen molar-refractivity contribution in [3.05, 3.63) is 41.6 Å². The topological polar surface area (TPSA) is 149 Å². The second kappa shape index (κ2) is 5.88. The van der Waals surface area contributed by atoms with Gasteiger partial charge in [0.2, 0.25) is 0 Å². The molecule has 2 aliphatic rings. The lowest BCUT2D eigenvalue weighted by Crippen LogP contribution is -2.63. The van der Waals surface area contributed by atoms with Crippen molar-refractivity contribution < 1.29 is 17.8 Å². The molecule has 0 amide bonds. The van der Waals surface area contributed by atoms with Crippen molar-refractivity contribution in [2.45, 2.75) is 30.3 Å². The average Bonchev–Trinajstić information content (AvgIpc) is 3.38. The standard InChI is InChI=1S/C15H16N6O4S/c22-8-15(26(23,24)25)20-13(17-7-9-3-5-16-6-4-9)11-14(21-15)19-12(18-11)10-1-2-10/h3-6,8,10,21H,1-2,7H2,(H,17,20)(H,18,19)(H,23,24,25). The van der Waals surface area contributed by atoms with Crippen molar-refractivity contribution in [2.24, 2.45) is 4.99 Å². The van der Waals surface area contributed by atoms with Crippen LogP contribution in [0.15, 0.2) is 29.5 Å². The number of fused-ring (bicyclic) bond motifs is 1. The molecule has 4 N–H and O–H groups in total. The fraction of sp³-hybridized carbons (Fsp3) is 0.333. The third kappa shape index (κ3) is 2.84. The Morgan fingerprint density at radius 2 is 2.04 bits per heavy atom. The summed E-state index contributed by atoms with van der Waals surface area (Å²) in [6, 6.07) is 3.54. The lowest BCUT2D eigenvalue weighted by Gasteiger charge is -2.32. The predicted octanol–water partition coefficient (Wildman–Crippen LogP) is 0.385. The van der Waals surface area contributed by atoms with Crippen LogP contribution in [0.4, 0.5) is 5.82 Å². The SMILES string of the molecule is O=CC1(S(=O)(=O)O)NC(=NCc2ccncc2)c2[nH]c(C3CC3)nc2N1. The van der Waals surface area contributed by atoms with Gasteiger partial charge in [-0.05, 0) is 30.5 Å². The zero-order valence-corrected chi connectivity index (χ0v) is 14.3. The van der Waals surface area contributed by atoms with E-state index in [-0.39, 0.29) is 30.4 Å². The molecule has 1 unspecified atom stereocenters. The minimum Gasteiger partial charge on any atom is -0.337 e. The van der Waals surface area contributed by atoms with Crippen molar-refractivity contribution in [3.63, 3.8) is 0 Å². The van der Waals surface area contributed by atoms with Gasteiger partial charge in [-0.3, -0.25) is 19.3 Å². The summed E-state index contributed by atoms with van der Waals surface area (Å²) in [6.07, 6.45) is 5.29.